The Bertz CT molecular complexity index is 283. The van der Waals surface area contributed by atoms with Crippen LogP contribution in [0.25, 0.3) is 0 Å². The lowest BCUT2D eigenvalue weighted by molar-refractivity contribution is 0.296. The van der Waals surface area contributed by atoms with E-state index >= 15 is 0 Å². The maximum Gasteiger partial charge on any atom is 0.129 e. The van der Waals surface area contributed by atoms with Crippen molar-refractivity contribution in [2.24, 2.45) is 0 Å². The third-order valence-corrected chi connectivity index (χ3v) is 2.85. The molecule has 1 aromatic heterocycles. The van der Waals surface area contributed by atoms with Gasteiger partial charge in [0, 0.05) is 25.1 Å². The number of aliphatic hydroxyl groups is 1. The van der Waals surface area contributed by atoms with Gasteiger partial charge < -0.3 is 10.4 Å². The first-order valence-electron chi connectivity index (χ1n) is 5.05. The number of nitrogens with zero attached hydrogens (tertiary/aromatic N) is 2. The summed E-state index contributed by atoms with van der Waals surface area (Å²) in [4.78, 5) is 8.26. The van der Waals surface area contributed by atoms with Crippen LogP contribution in [0, 0.1) is 6.92 Å². The summed E-state index contributed by atoms with van der Waals surface area (Å²) in [6.45, 7) is 3.05. The summed E-state index contributed by atoms with van der Waals surface area (Å²) in [5.74, 6) is 3.71. The summed E-state index contributed by atoms with van der Waals surface area (Å²) >= 11 is 1.84. The summed E-state index contributed by atoms with van der Waals surface area (Å²) in [6.07, 6.45) is 2.63. The van der Waals surface area contributed by atoms with Crippen LogP contribution in [0.5, 0.6) is 0 Å². The minimum absolute atomic E-state index is 0.283. The summed E-state index contributed by atoms with van der Waals surface area (Å²) in [5.41, 5.74) is 0. The van der Waals surface area contributed by atoms with Gasteiger partial charge >= 0.3 is 0 Å². The Morgan fingerprint density at radius 2 is 2.33 bits per heavy atom. The number of aromatic nitrogens is 2. The van der Waals surface area contributed by atoms with Crippen molar-refractivity contribution in [2.45, 2.75) is 13.3 Å². The van der Waals surface area contributed by atoms with Gasteiger partial charge in [0.15, 0.2) is 0 Å². The highest BCUT2D eigenvalue weighted by Crippen LogP contribution is 2.04. The second-order valence-corrected chi connectivity index (χ2v) is 4.33. The number of aliphatic hydroxyl groups excluding tert-OH is 1. The summed E-state index contributed by atoms with van der Waals surface area (Å²) in [6, 6.07) is 1.87. The molecule has 0 saturated carbocycles. The van der Waals surface area contributed by atoms with Gasteiger partial charge in [-0.1, -0.05) is 0 Å². The van der Waals surface area contributed by atoms with Crippen LogP contribution in [0.3, 0.4) is 0 Å². The smallest absolute Gasteiger partial charge is 0.129 e. The standard InChI is InChI=1S/C10H17N3OS/c1-9-11-4-3-10(13-9)12-5-8-15-7-2-6-14/h3-4,14H,2,5-8H2,1H3,(H,11,12,13). The molecule has 0 saturated heterocycles. The molecule has 1 aromatic rings. The molecule has 5 heteroatoms. The Balaban J connectivity index is 2.10. The first-order chi connectivity index (χ1) is 7.33. The van der Waals surface area contributed by atoms with Gasteiger partial charge in [0.1, 0.15) is 11.6 Å². The molecule has 4 nitrogen and oxygen atoms in total. The van der Waals surface area contributed by atoms with E-state index in [1.54, 1.807) is 6.20 Å². The zero-order chi connectivity index (χ0) is 10.9. The summed E-state index contributed by atoms with van der Waals surface area (Å²) in [7, 11) is 0. The van der Waals surface area contributed by atoms with Crippen LogP contribution < -0.4 is 5.32 Å². The van der Waals surface area contributed by atoms with E-state index in [0.717, 1.165) is 36.1 Å². The van der Waals surface area contributed by atoms with Crippen molar-refractivity contribution in [1.29, 1.82) is 0 Å². The maximum absolute atomic E-state index is 8.59. The van der Waals surface area contributed by atoms with Gasteiger partial charge in [-0.15, -0.1) is 0 Å². The lowest BCUT2D eigenvalue weighted by Crippen LogP contribution is -2.07. The molecule has 0 aliphatic carbocycles. The van der Waals surface area contributed by atoms with E-state index in [-0.39, 0.29) is 6.61 Å². The van der Waals surface area contributed by atoms with E-state index in [1.165, 1.54) is 0 Å². The monoisotopic (exact) mass is 227 g/mol. The van der Waals surface area contributed by atoms with Crippen LogP contribution in [0.2, 0.25) is 0 Å². The quantitative estimate of drug-likeness (QED) is 0.688. The molecule has 0 fully saturated rings. The zero-order valence-corrected chi connectivity index (χ0v) is 9.76. The molecular weight excluding hydrogens is 210 g/mol. The third kappa shape index (κ3) is 5.59. The lowest BCUT2D eigenvalue weighted by Gasteiger charge is -2.05. The molecule has 0 spiro atoms. The first-order valence-corrected chi connectivity index (χ1v) is 6.20. The average Bonchev–Trinajstić information content (AvgIpc) is 2.23. The van der Waals surface area contributed by atoms with Crippen molar-refractivity contribution in [1.82, 2.24) is 9.97 Å². The number of rotatable bonds is 7. The van der Waals surface area contributed by atoms with Gasteiger partial charge in [0.05, 0.1) is 0 Å². The van der Waals surface area contributed by atoms with Gasteiger partial charge in [-0.05, 0) is 25.2 Å². The average molecular weight is 227 g/mol. The van der Waals surface area contributed by atoms with Gasteiger partial charge in [-0.3, -0.25) is 0 Å². The van der Waals surface area contributed by atoms with Crippen molar-refractivity contribution in [3.8, 4) is 0 Å². The van der Waals surface area contributed by atoms with Crippen LogP contribution >= 0.6 is 11.8 Å². The summed E-state index contributed by atoms with van der Waals surface area (Å²) < 4.78 is 0. The molecule has 1 rings (SSSR count). The molecule has 0 aliphatic rings. The van der Waals surface area contributed by atoms with Gasteiger partial charge in [0.2, 0.25) is 0 Å². The largest absolute Gasteiger partial charge is 0.396 e. The minimum atomic E-state index is 0.283. The zero-order valence-electron chi connectivity index (χ0n) is 8.94. The number of aryl methyl sites for hydroxylation is 1. The van der Waals surface area contributed by atoms with E-state index < -0.39 is 0 Å². The number of thioether (sulfide) groups is 1. The molecule has 1 heterocycles. The molecule has 0 radical (unpaired) electrons. The van der Waals surface area contributed by atoms with Gasteiger partial charge in [-0.2, -0.15) is 11.8 Å². The summed E-state index contributed by atoms with van der Waals surface area (Å²) in [5, 5.41) is 11.8. The molecular formula is C10H17N3OS. The molecule has 0 atom stereocenters. The number of nitrogens with one attached hydrogen (secondary N) is 1. The predicted octanol–water partition coefficient (Wildman–Crippen LogP) is 1.31. The topological polar surface area (TPSA) is 58.0 Å². The van der Waals surface area contributed by atoms with Crippen LogP contribution in [0.15, 0.2) is 12.3 Å². The van der Waals surface area contributed by atoms with Crippen LogP contribution in [0.4, 0.5) is 5.82 Å². The Kier molecular flexibility index (Phi) is 6.11. The fraction of sp³-hybridized carbons (Fsp3) is 0.600. The Morgan fingerprint density at radius 1 is 1.47 bits per heavy atom. The highest BCUT2D eigenvalue weighted by Gasteiger charge is 1.94. The Morgan fingerprint density at radius 3 is 3.07 bits per heavy atom. The molecule has 2 N–H and O–H groups in total. The van der Waals surface area contributed by atoms with E-state index in [4.69, 9.17) is 5.11 Å². The van der Waals surface area contributed by atoms with Crippen molar-refractivity contribution in [3.05, 3.63) is 18.1 Å². The van der Waals surface area contributed by atoms with Crippen molar-refractivity contribution in [2.75, 3.05) is 30.0 Å². The Hall–Kier alpha value is -0.810. The lowest BCUT2D eigenvalue weighted by atomic mass is 10.5. The molecule has 0 aliphatic heterocycles. The van der Waals surface area contributed by atoms with Crippen molar-refractivity contribution in [3.63, 3.8) is 0 Å². The second-order valence-electron chi connectivity index (χ2n) is 3.11. The molecule has 0 unspecified atom stereocenters. The fourth-order valence-corrected chi connectivity index (χ4v) is 1.86. The van der Waals surface area contributed by atoms with Crippen molar-refractivity contribution >= 4 is 17.6 Å². The van der Waals surface area contributed by atoms with E-state index in [1.807, 2.05) is 24.8 Å². The van der Waals surface area contributed by atoms with E-state index in [0.29, 0.717) is 0 Å². The molecule has 84 valence electrons. The minimum Gasteiger partial charge on any atom is -0.396 e. The first kappa shape index (κ1) is 12.3. The van der Waals surface area contributed by atoms with E-state index in [9.17, 15) is 0 Å². The highest BCUT2D eigenvalue weighted by atomic mass is 32.2. The third-order valence-electron chi connectivity index (χ3n) is 1.78. The second kappa shape index (κ2) is 7.48. The number of hydrogen-bond donors (Lipinski definition) is 2. The van der Waals surface area contributed by atoms with Gasteiger partial charge in [-0.25, -0.2) is 9.97 Å². The highest BCUT2D eigenvalue weighted by molar-refractivity contribution is 7.99. The van der Waals surface area contributed by atoms with E-state index in [2.05, 4.69) is 15.3 Å². The fourth-order valence-electron chi connectivity index (χ4n) is 1.07. The normalized spacial score (nSPS) is 10.3. The van der Waals surface area contributed by atoms with Gasteiger partial charge in [0.25, 0.3) is 0 Å². The van der Waals surface area contributed by atoms with Crippen molar-refractivity contribution < 1.29 is 5.11 Å². The molecule has 0 bridgehead atoms. The molecule has 0 aromatic carbocycles. The van der Waals surface area contributed by atoms with Crippen LogP contribution in [0.1, 0.15) is 12.2 Å². The Labute approximate surface area is 94.5 Å². The van der Waals surface area contributed by atoms with Crippen LogP contribution in [-0.2, 0) is 0 Å². The SMILES string of the molecule is Cc1nccc(NCCSCCCO)n1. The number of hydrogen-bond acceptors (Lipinski definition) is 5. The maximum atomic E-state index is 8.59. The molecule has 15 heavy (non-hydrogen) atoms. The van der Waals surface area contributed by atoms with Crippen LogP contribution in [-0.4, -0.2) is 39.7 Å². The number of anilines is 1. The predicted molar refractivity (Wildman–Crippen MR) is 64.3 cm³/mol. The molecule has 0 amide bonds.